The molecule has 0 radical (unpaired) electrons. The van der Waals surface area contributed by atoms with Crippen LogP contribution in [-0.2, 0) is 11.3 Å². The van der Waals surface area contributed by atoms with Gasteiger partial charge in [0, 0.05) is 19.5 Å². The predicted molar refractivity (Wildman–Crippen MR) is 81.3 cm³/mol. The monoisotopic (exact) mass is 291 g/mol. The smallest absolute Gasteiger partial charge is 0.225 e. The molecule has 1 fully saturated rings. The highest BCUT2D eigenvalue weighted by Crippen LogP contribution is 2.26. The Morgan fingerprint density at radius 3 is 2.90 bits per heavy atom. The highest BCUT2D eigenvalue weighted by molar-refractivity contribution is 7.10. The van der Waals surface area contributed by atoms with Gasteiger partial charge in [0.15, 0.2) is 0 Å². The molecule has 1 aromatic rings. The van der Waals surface area contributed by atoms with E-state index in [0.717, 1.165) is 23.3 Å². The van der Waals surface area contributed by atoms with Gasteiger partial charge in [-0.1, -0.05) is 31.1 Å². The quantitative estimate of drug-likeness (QED) is 0.870. The molecule has 0 aliphatic heterocycles. The van der Waals surface area contributed by atoms with Gasteiger partial charge < -0.3 is 10.0 Å². The van der Waals surface area contributed by atoms with Crippen LogP contribution in [0.2, 0.25) is 0 Å². The maximum Gasteiger partial charge on any atom is 0.225 e. The molecule has 1 aromatic heterocycles. The van der Waals surface area contributed by atoms with Gasteiger partial charge in [0.25, 0.3) is 0 Å². The molecule has 4 heteroatoms. The highest BCUT2D eigenvalue weighted by Gasteiger charge is 2.24. The first-order valence-corrected chi connectivity index (χ1v) is 8.01. The van der Waals surface area contributed by atoms with E-state index in [1.54, 1.807) is 11.3 Å². The summed E-state index contributed by atoms with van der Waals surface area (Å²) >= 11 is 1.56. The first-order valence-electron chi connectivity index (χ1n) is 7.13. The summed E-state index contributed by atoms with van der Waals surface area (Å²) in [5, 5.41) is 10.7. The minimum Gasteiger partial charge on any atom is -0.384 e. The largest absolute Gasteiger partial charge is 0.384 e. The number of carbonyl (C=O) groups excluding carboxylic acids is 1. The van der Waals surface area contributed by atoms with E-state index in [2.05, 4.69) is 11.8 Å². The Kier molecular flexibility index (Phi) is 5.63. The number of hydrogen-bond donors (Lipinski definition) is 1. The number of rotatable bonds is 3. The van der Waals surface area contributed by atoms with Crippen molar-refractivity contribution in [3.8, 4) is 11.8 Å². The fourth-order valence-electron chi connectivity index (χ4n) is 2.66. The van der Waals surface area contributed by atoms with E-state index in [9.17, 15) is 4.79 Å². The molecule has 1 N–H and O–H groups in total. The van der Waals surface area contributed by atoms with Crippen molar-refractivity contribution < 1.29 is 9.90 Å². The predicted octanol–water partition coefficient (Wildman–Crippen LogP) is 2.63. The number of nitrogens with zero attached hydrogens (tertiary/aromatic N) is 1. The van der Waals surface area contributed by atoms with Crippen LogP contribution in [0.4, 0.5) is 0 Å². The summed E-state index contributed by atoms with van der Waals surface area (Å²) in [7, 11) is 1.88. The van der Waals surface area contributed by atoms with E-state index >= 15 is 0 Å². The Hall–Kier alpha value is -1.31. The third kappa shape index (κ3) is 4.09. The summed E-state index contributed by atoms with van der Waals surface area (Å²) in [6, 6.07) is 2.00. The Morgan fingerprint density at radius 1 is 1.45 bits per heavy atom. The van der Waals surface area contributed by atoms with Crippen LogP contribution in [0.25, 0.3) is 0 Å². The SMILES string of the molecule is CN(Cc1csc(C#CCO)c1)C(=O)C1CCCCC1. The number of thiophene rings is 1. The van der Waals surface area contributed by atoms with Gasteiger partial charge in [0.1, 0.15) is 6.61 Å². The standard InChI is InChI=1S/C16H21NO2S/c1-17(16(19)14-6-3-2-4-7-14)11-13-10-15(20-12-13)8-5-9-18/h10,12,14,18H,2-4,6-7,9,11H2,1H3. The van der Waals surface area contributed by atoms with E-state index in [1.165, 1.54) is 19.3 Å². The number of amides is 1. The zero-order valence-corrected chi connectivity index (χ0v) is 12.7. The van der Waals surface area contributed by atoms with Crippen molar-refractivity contribution in [2.45, 2.75) is 38.6 Å². The summed E-state index contributed by atoms with van der Waals surface area (Å²) in [5.74, 6) is 6.04. The topological polar surface area (TPSA) is 40.5 Å². The lowest BCUT2D eigenvalue weighted by atomic mass is 9.88. The van der Waals surface area contributed by atoms with E-state index in [1.807, 2.05) is 23.4 Å². The van der Waals surface area contributed by atoms with Crippen molar-refractivity contribution in [1.29, 1.82) is 0 Å². The molecule has 1 aliphatic carbocycles. The Morgan fingerprint density at radius 2 is 2.20 bits per heavy atom. The van der Waals surface area contributed by atoms with Crippen molar-refractivity contribution in [2.75, 3.05) is 13.7 Å². The van der Waals surface area contributed by atoms with Gasteiger partial charge in [-0.2, -0.15) is 0 Å². The van der Waals surface area contributed by atoms with Gasteiger partial charge in [0.2, 0.25) is 5.91 Å². The average molecular weight is 291 g/mol. The van der Waals surface area contributed by atoms with Crippen LogP contribution in [0.5, 0.6) is 0 Å². The molecule has 108 valence electrons. The summed E-state index contributed by atoms with van der Waals surface area (Å²) in [6.07, 6.45) is 5.72. The fraction of sp³-hybridized carbons (Fsp3) is 0.562. The van der Waals surface area contributed by atoms with Gasteiger partial charge in [-0.05, 0) is 29.9 Å². The maximum atomic E-state index is 12.3. The van der Waals surface area contributed by atoms with E-state index in [0.29, 0.717) is 6.54 Å². The molecule has 1 aliphatic rings. The number of carbonyl (C=O) groups is 1. The highest BCUT2D eigenvalue weighted by atomic mass is 32.1. The molecule has 2 rings (SSSR count). The van der Waals surface area contributed by atoms with Gasteiger partial charge in [0.05, 0.1) is 4.88 Å². The third-order valence-corrected chi connectivity index (χ3v) is 4.59. The Labute approximate surface area is 124 Å². The van der Waals surface area contributed by atoms with E-state index < -0.39 is 0 Å². The van der Waals surface area contributed by atoms with Gasteiger partial charge >= 0.3 is 0 Å². The first-order chi connectivity index (χ1) is 9.70. The summed E-state index contributed by atoms with van der Waals surface area (Å²) in [4.78, 5) is 15.1. The third-order valence-electron chi connectivity index (χ3n) is 3.69. The van der Waals surface area contributed by atoms with Crippen LogP contribution in [0.1, 0.15) is 42.5 Å². The fourth-order valence-corrected chi connectivity index (χ4v) is 3.44. The van der Waals surface area contributed by atoms with E-state index in [4.69, 9.17) is 5.11 Å². The molecular formula is C16H21NO2S. The normalized spacial score (nSPS) is 15.5. The lowest BCUT2D eigenvalue weighted by Gasteiger charge is -2.26. The van der Waals surface area contributed by atoms with Gasteiger partial charge in [-0.3, -0.25) is 4.79 Å². The molecule has 20 heavy (non-hydrogen) atoms. The average Bonchev–Trinajstić information content (AvgIpc) is 2.92. The van der Waals surface area contributed by atoms with Crippen LogP contribution in [-0.4, -0.2) is 29.6 Å². The van der Waals surface area contributed by atoms with Crippen LogP contribution in [0.3, 0.4) is 0 Å². The zero-order chi connectivity index (χ0) is 14.4. The number of aliphatic hydroxyl groups excluding tert-OH is 1. The van der Waals surface area contributed by atoms with Gasteiger partial charge in [-0.15, -0.1) is 11.3 Å². The number of aliphatic hydroxyl groups is 1. The second-order valence-corrected chi connectivity index (χ2v) is 6.22. The minimum absolute atomic E-state index is 0.118. The molecular weight excluding hydrogens is 270 g/mol. The lowest BCUT2D eigenvalue weighted by molar-refractivity contribution is -0.135. The molecule has 3 nitrogen and oxygen atoms in total. The second kappa shape index (κ2) is 7.47. The van der Waals surface area contributed by atoms with Crippen molar-refractivity contribution in [2.24, 2.45) is 5.92 Å². The first kappa shape index (κ1) is 15.1. The molecule has 0 spiro atoms. The molecule has 1 heterocycles. The van der Waals surface area contributed by atoms with Crippen molar-refractivity contribution in [3.63, 3.8) is 0 Å². The molecule has 0 unspecified atom stereocenters. The zero-order valence-electron chi connectivity index (χ0n) is 11.9. The van der Waals surface area contributed by atoms with Crippen LogP contribution < -0.4 is 0 Å². The molecule has 1 saturated carbocycles. The van der Waals surface area contributed by atoms with Crippen LogP contribution in [0, 0.1) is 17.8 Å². The number of hydrogen-bond acceptors (Lipinski definition) is 3. The summed E-state index contributed by atoms with van der Waals surface area (Å²) in [5.41, 5.74) is 1.11. The lowest BCUT2D eigenvalue weighted by Crippen LogP contribution is -2.33. The van der Waals surface area contributed by atoms with Crippen LogP contribution >= 0.6 is 11.3 Å². The molecule has 1 amide bonds. The molecule has 0 saturated heterocycles. The second-order valence-electron chi connectivity index (χ2n) is 5.31. The van der Waals surface area contributed by atoms with E-state index in [-0.39, 0.29) is 18.4 Å². The maximum absolute atomic E-state index is 12.3. The van der Waals surface area contributed by atoms with Gasteiger partial charge in [-0.25, -0.2) is 0 Å². The molecule has 0 bridgehead atoms. The van der Waals surface area contributed by atoms with Crippen molar-refractivity contribution in [1.82, 2.24) is 4.90 Å². The Bertz CT molecular complexity index is 506. The molecule has 0 atom stereocenters. The Balaban J connectivity index is 1.91. The molecule has 0 aromatic carbocycles. The summed E-state index contributed by atoms with van der Waals surface area (Å²) in [6.45, 7) is 0.528. The summed E-state index contributed by atoms with van der Waals surface area (Å²) < 4.78 is 0. The van der Waals surface area contributed by atoms with Crippen molar-refractivity contribution in [3.05, 3.63) is 21.9 Å². The minimum atomic E-state index is -0.118. The van der Waals surface area contributed by atoms with Crippen molar-refractivity contribution >= 4 is 17.2 Å². The van der Waals surface area contributed by atoms with Crippen LogP contribution in [0.15, 0.2) is 11.4 Å².